The summed E-state index contributed by atoms with van der Waals surface area (Å²) in [6.45, 7) is 0.468. The third-order valence-corrected chi connectivity index (χ3v) is 2.90. The van der Waals surface area contributed by atoms with E-state index in [9.17, 15) is 0 Å². The summed E-state index contributed by atoms with van der Waals surface area (Å²) < 4.78 is 10.9. The lowest BCUT2D eigenvalue weighted by atomic mass is 10.1. The van der Waals surface area contributed by atoms with Gasteiger partial charge in [-0.15, -0.1) is 0 Å². The second kappa shape index (κ2) is 7.36. The molecule has 2 aromatic carbocycles. The fourth-order valence-corrected chi connectivity index (χ4v) is 1.83. The van der Waals surface area contributed by atoms with E-state index in [1.165, 1.54) is 0 Å². The predicted molar refractivity (Wildman–Crippen MR) is 79.3 cm³/mol. The number of ether oxygens (including phenoxy) is 2. The minimum absolute atomic E-state index is 0.0408. The maximum absolute atomic E-state index is 9.00. The topological polar surface area (TPSA) is 38.7 Å². The zero-order chi connectivity index (χ0) is 14.2. The second-order valence-electron chi connectivity index (χ2n) is 4.34. The summed E-state index contributed by atoms with van der Waals surface area (Å²) in [7, 11) is 1.62. The molecule has 1 N–H and O–H groups in total. The van der Waals surface area contributed by atoms with E-state index in [-0.39, 0.29) is 6.61 Å². The summed E-state index contributed by atoms with van der Waals surface area (Å²) in [5.41, 5.74) is 2.91. The number of aliphatic hydroxyl groups excluding tert-OH is 1. The molecule has 20 heavy (non-hydrogen) atoms. The molecule has 0 heterocycles. The SMILES string of the molecule is CO/C=C(\COc1ccc(CO)cc1)c1ccccc1. The van der Waals surface area contributed by atoms with Crippen LogP contribution in [0.1, 0.15) is 11.1 Å². The molecule has 0 amide bonds. The molecule has 0 atom stereocenters. The van der Waals surface area contributed by atoms with Gasteiger partial charge in [0.25, 0.3) is 0 Å². The Bertz CT molecular complexity index is 544. The maximum atomic E-state index is 9.00. The van der Waals surface area contributed by atoms with Crippen molar-refractivity contribution in [3.05, 3.63) is 72.0 Å². The van der Waals surface area contributed by atoms with Gasteiger partial charge >= 0.3 is 0 Å². The molecule has 0 aliphatic rings. The van der Waals surface area contributed by atoms with E-state index in [1.54, 1.807) is 13.4 Å². The van der Waals surface area contributed by atoms with Crippen LogP contribution in [-0.2, 0) is 11.3 Å². The number of hydrogen-bond donors (Lipinski definition) is 1. The van der Waals surface area contributed by atoms with E-state index < -0.39 is 0 Å². The van der Waals surface area contributed by atoms with E-state index in [1.807, 2.05) is 54.6 Å². The van der Waals surface area contributed by atoms with Crippen molar-refractivity contribution in [3.63, 3.8) is 0 Å². The Morgan fingerprint density at radius 3 is 2.35 bits per heavy atom. The fourth-order valence-electron chi connectivity index (χ4n) is 1.83. The van der Waals surface area contributed by atoms with E-state index in [4.69, 9.17) is 14.6 Å². The Balaban J connectivity index is 2.04. The minimum atomic E-state index is 0.0408. The Kier molecular flexibility index (Phi) is 5.21. The van der Waals surface area contributed by atoms with Crippen LogP contribution in [0.4, 0.5) is 0 Å². The molecule has 0 aliphatic heterocycles. The number of methoxy groups -OCH3 is 1. The lowest BCUT2D eigenvalue weighted by molar-refractivity contribution is 0.281. The van der Waals surface area contributed by atoms with Crippen LogP contribution in [0.15, 0.2) is 60.9 Å². The third-order valence-electron chi connectivity index (χ3n) is 2.90. The van der Waals surface area contributed by atoms with Crippen molar-refractivity contribution in [2.75, 3.05) is 13.7 Å². The minimum Gasteiger partial charge on any atom is -0.504 e. The van der Waals surface area contributed by atoms with Gasteiger partial charge in [-0.1, -0.05) is 42.5 Å². The summed E-state index contributed by atoms with van der Waals surface area (Å²) in [5, 5.41) is 9.00. The first-order valence-electron chi connectivity index (χ1n) is 6.43. The smallest absolute Gasteiger partial charge is 0.119 e. The largest absolute Gasteiger partial charge is 0.504 e. The van der Waals surface area contributed by atoms with Crippen molar-refractivity contribution in [1.29, 1.82) is 0 Å². The molecule has 0 saturated heterocycles. The van der Waals surface area contributed by atoms with Crippen LogP contribution in [0.2, 0.25) is 0 Å². The zero-order valence-corrected chi connectivity index (χ0v) is 11.5. The molecule has 2 rings (SSSR count). The number of rotatable bonds is 6. The molecule has 0 saturated carbocycles. The summed E-state index contributed by atoms with van der Waals surface area (Å²) >= 11 is 0. The third kappa shape index (κ3) is 3.87. The van der Waals surface area contributed by atoms with Crippen molar-refractivity contribution in [3.8, 4) is 5.75 Å². The van der Waals surface area contributed by atoms with Gasteiger partial charge in [0.2, 0.25) is 0 Å². The van der Waals surface area contributed by atoms with Crippen LogP contribution in [-0.4, -0.2) is 18.8 Å². The molecule has 0 unspecified atom stereocenters. The van der Waals surface area contributed by atoms with Gasteiger partial charge in [-0.3, -0.25) is 0 Å². The van der Waals surface area contributed by atoms with Gasteiger partial charge in [0, 0.05) is 5.57 Å². The van der Waals surface area contributed by atoms with Crippen LogP contribution >= 0.6 is 0 Å². The summed E-state index contributed by atoms with van der Waals surface area (Å²) in [6, 6.07) is 17.4. The molecule has 0 spiro atoms. The van der Waals surface area contributed by atoms with Gasteiger partial charge in [0.1, 0.15) is 12.4 Å². The molecule has 3 nitrogen and oxygen atoms in total. The lowest BCUT2D eigenvalue weighted by Crippen LogP contribution is -2.01. The Morgan fingerprint density at radius 1 is 1.05 bits per heavy atom. The first kappa shape index (κ1) is 14.2. The highest BCUT2D eigenvalue weighted by molar-refractivity contribution is 5.65. The number of aliphatic hydroxyl groups is 1. The monoisotopic (exact) mass is 270 g/mol. The molecular weight excluding hydrogens is 252 g/mol. The van der Waals surface area contributed by atoms with Gasteiger partial charge in [0.15, 0.2) is 0 Å². The first-order valence-corrected chi connectivity index (χ1v) is 6.43. The van der Waals surface area contributed by atoms with E-state index >= 15 is 0 Å². The van der Waals surface area contributed by atoms with Crippen LogP contribution < -0.4 is 4.74 Å². The highest BCUT2D eigenvalue weighted by atomic mass is 16.5. The van der Waals surface area contributed by atoms with Crippen molar-refractivity contribution in [2.45, 2.75) is 6.61 Å². The van der Waals surface area contributed by atoms with E-state index in [0.717, 1.165) is 22.4 Å². The van der Waals surface area contributed by atoms with Gasteiger partial charge < -0.3 is 14.6 Å². The predicted octanol–water partition coefficient (Wildman–Crippen LogP) is 3.25. The number of benzene rings is 2. The Labute approximate surface area is 119 Å². The summed E-state index contributed by atoms with van der Waals surface area (Å²) in [5.74, 6) is 0.764. The molecule has 2 aromatic rings. The molecule has 0 fully saturated rings. The standard InChI is InChI=1S/C17H18O3/c1-19-12-16(15-5-3-2-4-6-15)13-20-17-9-7-14(11-18)8-10-17/h2-10,12,18H,11,13H2,1H3/b16-12+. The second-order valence-corrected chi connectivity index (χ2v) is 4.34. The quantitative estimate of drug-likeness (QED) is 0.819. The van der Waals surface area contributed by atoms with Gasteiger partial charge in [-0.25, -0.2) is 0 Å². The molecule has 104 valence electrons. The highest BCUT2D eigenvalue weighted by Crippen LogP contribution is 2.18. The van der Waals surface area contributed by atoms with Gasteiger partial charge in [-0.05, 0) is 23.3 Å². The molecule has 0 aromatic heterocycles. The van der Waals surface area contributed by atoms with Crippen LogP contribution in [0.25, 0.3) is 5.57 Å². The van der Waals surface area contributed by atoms with Crippen molar-refractivity contribution >= 4 is 5.57 Å². The average molecular weight is 270 g/mol. The van der Waals surface area contributed by atoms with Crippen LogP contribution in [0, 0.1) is 0 Å². The molecule has 3 heteroatoms. The normalized spacial score (nSPS) is 11.2. The Hall–Kier alpha value is -2.26. The summed E-state index contributed by atoms with van der Waals surface area (Å²) in [4.78, 5) is 0. The van der Waals surface area contributed by atoms with Gasteiger partial charge in [-0.2, -0.15) is 0 Å². The maximum Gasteiger partial charge on any atom is 0.119 e. The van der Waals surface area contributed by atoms with E-state index in [2.05, 4.69) is 0 Å². The zero-order valence-electron chi connectivity index (χ0n) is 11.5. The van der Waals surface area contributed by atoms with E-state index in [0.29, 0.717) is 6.61 Å². The fraction of sp³-hybridized carbons (Fsp3) is 0.176. The molecular formula is C17H18O3. The highest BCUT2D eigenvalue weighted by Gasteiger charge is 2.03. The van der Waals surface area contributed by atoms with Crippen LogP contribution in [0.5, 0.6) is 5.75 Å². The van der Waals surface area contributed by atoms with Crippen molar-refractivity contribution in [2.24, 2.45) is 0 Å². The number of hydrogen-bond acceptors (Lipinski definition) is 3. The van der Waals surface area contributed by atoms with Gasteiger partial charge in [0.05, 0.1) is 20.0 Å². The first-order chi connectivity index (χ1) is 9.83. The molecule has 0 bridgehead atoms. The van der Waals surface area contributed by atoms with Crippen molar-refractivity contribution < 1.29 is 14.6 Å². The lowest BCUT2D eigenvalue weighted by Gasteiger charge is -2.10. The van der Waals surface area contributed by atoms with Crippen molar-refractivity contribution in [1.82, 2.24) is 0 Å². The molecule has 0 aliphatic carbocycles. The molecule has 0 radical (unpaired) electrons. The average Bonchev–Trinajstić information content (AvgIpc) is 2.53. The van der Waals surface area contributed by atoms with Crippen LogP contribution in [0.3, 0.4) is 0 Å². The Morgan fingerprint density at radius 2 is 1.75 bits per heavy atom. The summed E-state index contributed by atoms with van der Waals surface area (Å²) in [6.07, 6.45) is 1.69.